The number of hydrogen-bond donors (Lipinski definition) is 5. The first-order valence-corrected chi connectivity index (χ1v) is 10.8. The molecule has 0 saturated carbocycles. The summed E-state index contributed by atoms with van der Waals surface area (Å²) in [5, 5.41) is 16.6. The average Bonchev–Trinajstić information content (AvgIpc) is 3.13. The molecule has 3 rings (SSSR count). The lowest BCUT2D eigenvalue weighted by atomic mass is 10.0. The molecule has 1 amide bonds. The van der Waals surface area contributed by atoms with Crippen LogP contribution in [0.25, 0.3) is 11.1 Å². The summed E-state index contributed by atoms with van der Waals surface area (Å²) in [5.41, 5.74) is 7.79. The topological polar surface area (TPSA) is 169 Å². The van der Waals surface area contributed by atoms with Crippen LogP contribution in [0.3, 0.4) is 0 Å². The molecule has 11 heteroatoms. The van der Waals surface area contributed by atoms with Crippen molar-refractivity contribution in [2.45, 2.75) is 39.2 Å². The molecule has 1 aromatic carbocycles. The monoisotopic (exact) mass is 455 g/mol. The number of carbonyl (C=O) groups is 1. The highest BCUT2D eigenvalue weighted by molar-refractivity contribution is 6.16. The lowest BCUT2D eigenvalue weighted by molar-refractivity contribution is -0.575. The number of amides is 1. The number of oxazole rings is 1. The molecule has 0 unspecified atom stereocenters. The molecule has 176 valence electrons. The zero-order chi connectivity index (χ0) is 24.0. The van der Waals surface area contributed by atoms with E-state index < -0.39 is 11.7 Å². The zero-order valence-corrected chi connectivity index (χ0v) is 19.4. The number of quaternary nitrogens is 1. The number of nitrogens with two attached hydrogens (primary N) is 2. The Morgan fingerprint density at radius 2 is 2.06 bits per heavy atom. The van der Waals surface area contributed by atoms with E-state index in [1.165, 1.54) is 6.33 Å². The van der Waals surface area contributed by atoms with Crippen molar-refractivity contribution in [3.63, 3.8) is 0 Å². The number of nitrogen functional groups attached to an aromatic ring is 1. The van der Waals surface area contributed by atoms with Crippen LogP contribution in [0, 0.1) is 5.41 Å². The molecule has 7 N–H and O–H groups in total. The fourth-order valence-electron chi connectivity index (χ4n) is 3.25. The Hall–Kier alpha value is -3.73. The van der Waals surface area contributed by atoms with Gasteiger partial charge in [0, 0.05) is 19.2 Å². The molecule has 0 saturated heterocycles. The molecule has 0 fully saturated rings. The van der Waals surface area contributed by atoms with E-state index in [1.807, 2.05) is 26.1 Å². The van der Waals surface area contributed by atoms with Crippen LogP contribution in [0.2, 0.25) is 0 Å². The molecule has 3 aromatic rings. The maximum atomic E-state index is 11.7. The minimum Gasteiger partial charge on any atom is -0.444 e. The van der Waals surface area contributed by atoms with E-state index in [0.717, 1.165) is 19.4 Å². The van der Waals surface area contributed by atoms with Crippen LogP contribution in [-0.2, 0) is 4.74 Å². The van der Waals surface area contributed by atoms with Gasteiger partial charge in [-0.05, 0) is 51.8 Å². The van der Waals surface area contributed by atoms with Gasteiger partial charge in [-0.1, -0.05) is 0 Å². The van der Waals surface area contributed by atoms with Crippen LogP contribution in [-0.4, -0.2) is 52.5 Å². The summed E-state index contributed by atoms with van der Waals surface area (Å²) in [5.74, 6) is 1.23. The van der Waals surface area contributed by atoms with Crippen molar-refractivity contribution in [3.05, 3.63) is 35.7 Å². The summed E-state index contributed by atoms with van der Waals surface area (Å²) in [6, 6.07) is 5.37. The number of unbranched alkanes of at least 4 members (excludes halogenated alkanes) is 1. The van der Waals surface area contributed by atoms with Crippen molar-refractivity contribution in [1.29, 1.82) is 5.41 Å². The van der Waals surface area contributed by atoms with E-state index >= 15 is 0 Å². The molecule has 33 heavy (non-hydrogen) atoms. The van der Waals surface area contributed by atoms with Gasteiger partial charge in [-0.3, -0.25) is 10.7 Å². The second kappa shape index (κ2) is 10.3. The number of fused-ring (bicyclic) bond motifs is 1. The molecule has 0 aliphatic carbocycles. The maximum absolute atomic E-state index is 11.7. The van der Waals surface area contributed by atoms with E-state index in [2.05, 4.69) is 25.6 Å². The number of nitrogens with zero attached hydrogens (tertiary/aromatic N) is 3. The molecule has 2 aromatic heterocycles. The third-order valence-corrected chi connectivity index (χ3v) is 4.69. The predicted octanol–water partition coefficient (Wildman–Crippen LogP) is 2.16. The van der Waals surface area contributed by atoms with Gasteiger partial charge in [0.15, 0.2) is 5.58 Å². The first kappa shape index (κ1) is 23.9. The van der Waals surface area contributed by atoms with Gasteiger partial charge in [-0.15, -0.1) is 0 Å². The number of alkyl carbamates (subject to hydrolysis) is 1. The lowest BCUT2D eigenvalue weighted by Gasteiger charge is -2.19. The van der Waals surface area contributed by atoms with E-state index in [4.69, 9.17) is 20.3 Å². The van der Waals surface area contributed by atoms with Crippen LogP contribution >= 0.6 is 0 Å². The second-order valence-corrected chi connectivity index (χ2v) is 8.47. The number of carbonyl (C=O) groups excluding carboxylic acids is 1. The Balaban J connectivity index is 1.64. The molecule has 0 spiro atoms. The van der Waals surface area contributed by atoms with Crippen molar-refractivity contribution in [3.8, 4) is 0 Å². The van der Waals surface area contributed by atoms with Crippen molar-refractivity contribution < 1.29 is 19.3 Å². The van der Waals surface area contributed by atoms with E-state index in [9.17, 15) is 4.79 Å². The molecule has 11 nitrogen and oxygen atoms in total. The normalized spacial score (nSPS) is 11.4. The van der Waals surface area contributed by atoms with E-state index in [0.29, 0.717) is 40.4 Å². The number of hydrogen-bond acceptors (Lipinski definition) is 9. The molecule has 0 aliphatic rings. The van der Waals surface area contributed by atoms with Crippen molar-refractivity contribution in [2.24, 2.45) is 0 Å². The third-order valence-electron chi connectivity index (χ3n) is 4.69. The largest absolute Gasteiger partial charge is 0.444 e. The van der Waals surface area contributed by atoms with Crippen LogP contribution < -0.4 is 21.7 Å². The Kier molecular flexibility index (Phi) is 7.44. The highest BCUT2D eigenvalue weighted by Crippen LogP contribution is 2.24. The average molecular weight is 456 g/mol. The quantitative estimate of drug-likeness (QED) is 0.241. The predicted molar refractivity (Wildman–Crippen MR) is 126 cm³/mol. The minimum atomic E-state index is -0.512. The molecular weight excluding hydrogens is 424 g/mol. The molecule has 2 heterocycles. The Morgan fingerprint density at radius 1 is 1.27 bits per heavy atom. The van der Waals surface area contributed by atoms with Crippen molar-refractivity contribution >= 4 is 40.6 Å². The Morgan fingerprint density at radius 3 is 2.79 bits per heavy atom. The van der Waals surface area contributed by atoms with Gasteiger partial charge < -0.3 is 25.5 Å². The molecule has 0 bridgehead atoms. The molecular formula is C22H31N8O3+. The Labute approximate surface area is 192 Å². The van der Waals surface area contributed by atoms with Crippen LogP contribution in [0.4, 0.5) is 22.4 Å². The molecule has 0 atom stereocenters. The van der Waals surface area contributed by atoms with Gasteiger partial charge in [0.25, 0.3) is 6.01 Å². The van der Waals surface area contributed by atoms with Gasteiger partial charge in [0.05, 0.1) is 12.3 Å². The van der Waals surface area contributed by atoms with Gasteiger partial charge in [-0.2, -0.15) is 9.97 Å². The van der Waals surface area contributed by atoms with E-state index in [-0.39, 0.29) is 11.7 Å². The second-order valence-electron chi connectivity index (χ2n) is 8.47. The summed E-state index contributed by atoms with van der Waals surface area (Å²) in [6.07, 6.45) is 2.69. The highest BCUT2D eigenvalue weighted by atomic mass is 16.6. The Bertz CT molecular complexity index is 1140. The lowest BCUT2D eigenvalue weighted by Crippen LogP contribution is -2.79. The third kappa shape index (κ3) is 6.39. The number of benzene rings is 1. The van der Waals surface area contributed by atoms with Crippen LogP contribution in [0.1, 0.15) is 44.7 Å². The smallest absolute Gasteiger partial charge is 0.407 e. The van der Waals surface area contributed by atoms with Crippen molar-refractivity contribution in [2.75, 3.05) is 31.2 Å². The fraction of sp³-hybridized carbons (Fsp3) is 0.409. The van der Waals surface area contributed by atoms with Gasteiger partial charge in [0.2, 0.25) is 5.82 Å². The molecule has 0 aliphatic heterocycles. The zero-order valence-electron chi connectivity index (χ0n) is 19.4. The number of nitrogens with one attached hydrogen (secondary N) is 3. The summed E-state index contributed by atoms with van der Waals surface area (Å²) >= 11 is 0. The standard InChI is InChI=1S/C22H30N8O3/c1-22(2,3)33-21(31)27-10-6-5-9-26-19-16(18(25-4)28-12-29-19)17(23)13-7-8-15-14(11-13)30-20(24)32-15/h7-8,11-12,23H,5-6,9-10H2,1-4H3,(H2,24,30)(H,27,31)(H2,25,26,28,29)/p+1. The SMILES string of the molecule is CNc1ncnc([NH2+]CCCCNC(=O)OC(C)(C)C)c1C(=N)c1ccc2oc(N)nc2c1. The number of rotatable bonds is 9. The fourth-order valence-corrected chi connectivity index (χ4v) is 3.25. The van der Waals surface area contributed by atoms with Crippen LogP contribution in [0.15, 0.2) is 28.9 Å². The van der Waals surface area contributed by atoms with Crippen molar-refractivity contribution in [1.82, 2.24) is 20.3 Å². The van der Waals surface area contributed by atoms with E-state index in [1.54, 1.807) is 25.2 Å². The van der Waals surface area contributed by atoms with Crippen LogP contribution in [0.5, 0.6) is 0 Å². The summed E-state index contributed by atoms with van der Waals surface area (Å²) in [7, 11) is 1.76. The summed E-state index contributed by atoms with van der Waals surface area (Å²) < 4.78 is 10.5. The van der Waals surface area contributed by atoms with Gasteiger partial charge in [-0.25, -0.2) is 9.78 Å². The first-order chi connectivity index (χ1) is 15.7. The summed E-state index contributed by atoms with van der Waals surface area (Å²) in [4.78, 5) is 24.5. The number of anilines is 2. The first-order valence-electron chi connectivity index (χ1n) is 10.8. The van der Waals surface area contributed by atoms with Gasteiger partial charge >= 0.3 is 6.09 Å². The number of aromatic nitrogens is 3. The highest BCUT2D eigenvalue weighted by Gasteiger charge is 2.21. The number of ether oxygens (including phenoxy) is 1. The summed E-state index contributed by atoms with van der Waals surface area (Å²) in [6.45, 7) is 6.75. The maximum Gasteiger partial charge on any atom is 0.407 e. The minimum absolute atomic E-state index is 0.0859. The molecule has 0 radical (unpaired) electrons. The van der Waals surface area contributed by atoms with Gasteiger partial charge in [0.1, 0.15) is 28.8 Å².